The summed E-state index contributed by atoms with van der Waals surface area (Å²) in [5, 5.41) is 9.44. The number of primary amides is 1. The minimum absolute atomic E-state index is 0.170. The van der Waals surface area contributed by atoms with E-state index in [0.717, 1.165) is 12.8 Å². The lowest BCUT2D eigenvalue weighted by Crippen LogP contribution is -2.33. The minimum Gasteiger partial charge on any atom is -0.480 e. The van der Waals surface area contributed by atoms with Gasteiger partial charge in [0.2, 0.25) is 0 Å². The van der Waals surface area contributed by atoms with Crippen LogP contribution in [0, 0.1) is 5.92 Å². The highest BCUT2D eigenvalue weighted by Crippen LogP contribution is 2.33. The van der Waals surface area contributed by atoms with Crippen molar-refractivity contribution in [1.82, 2.24) is 0 Å². The second-order valence-electron chi connectivity index (χ2n) is 4.74. The van der Waals surface area contributed by atoms with Gasteiger partial charge in [-0.1, -0.05) is 11.6 Å². The van der Waals surface area contributed by atoms with Crippen LogP contribution in [-0.2, 0) is 4.79 Å². The van der Waals surface area contributed by atoms with Crippen molar-refractivity contribution in [2.75, 3.05) is 18.0 Å². The highest BCUT2D eigenvalue weighted by molar-refractivity contribution is 6.31. The first kappa shape index (κ1) is 13.7. The molecule has 1 fully saturated rings. The number of nitrogens with zero attached hydrogens (tertiary/aromatic N) is 1. The molecule has 0 radical (unpaired) electrons. The van der Waals surface area contributed by atoms with E-state index in [0.29, 0.717) is 28.7 Å². The predicted octanol–water partition coefficient (Wildman–Crippen LogP) is 1.74. The predicted molar refractivity (Wildman–Crippen MR) is 72.5 cm³/mol. The monoisotopic (exact) mass is 282 g/mol. The highest BCUT2D eigenvalue weighted by Gasteiger charge is 2.27. The number of nitrogens with two attached hydrogens (primary N) is 1. The molecule has 1 aliphatic carbocycles. The first-order chi connectivity index (χ1) is 8.97. The van der Waals surface area contributed by atoms with Gasteiger partial charge in [-0.2, -0.15) is 0 Å². The fourth-order valence-electron chi connectivity index (χ4n) is 2.00. The van der Waals surface area contributed by atoms with E-state index in [9.17, 15) is 9.59 Å². The average Bonchev–Trinajstić information content (AvgIpc) is 3.11. The second-order valence-corrected chi connectivity index (χ2v) is 5.18. The van der Waals surface area contributed by atoms with Crippen LogP contribution in [0.1, 0.15) is 23.2 Å². The topological polar surface area (TPSA) is 83.6 Å². The zero-order valence-corrected chi connectivity index (χ0v) is 11.1. The van der Waals surface area contributed by atoms with Gasteiger partial charge >= 0.3 is 5.97 Å². The average molecular weight is 283 g/mol. The maximum Gasteiger partial charge on any atom is 0.323 e. The Morgan fingerprint density at radius 1 is 1.42 bits per heavy atom. The first-order valence-corrected chi connectivity index (χ1v) is 6.41. The normalized spacial score (nSPS) is 14.2. The smallest absolute Gasteiger partial charge is 0.323 e. The Bertz CT molecular complexity index is 515. The molecule has 0 saturated heterocycles. The third-order valence-electron chi connectivity index (χ3n) is 3.07. The summed E-state index contributed by atoms with van der Waals surface area (Å²) in [4.78, 5) is 24.0. The van der Waals surface area contributed by atoms with Crippen LogP contribution in [0.5, 0.6) is 0 Å². The van der Waals surface area contributed by atoms with E-state index in [4.69, 9.17) is 22.4 Å². The van der Waals surface area contributed by atoms with Gasteiger partial charge in [0.1, 0.15) is 6.54 Å². The van der Waals surface area contributed by atoms with Crippen LogP contribution in [0.2, 0.25) is 5.02 Å². The molecule has 2 rings (SSSR count). The number of hydrogen-bond acceptors (Lipinski definition) is 3. The fraction of sp³-hybridized carbons (Fsp3) is 0.385. The summed E-state index contributed by atoms with van der Waals surface area (Å²) < 4.78 is 0. The van der Waals surface area contributed by atoms with Crippen molar-refractivity contribution in [1.29, 1.82) is 0 Å². The molecule has 102 valence electrons. The molecule has 5 nitrogen and oxygen atoms in total. The summed E-state index contributed by atoms with van der Waals surface area (Å²) in [6, 6.07) is 4.69. The third-order valence-corrected chi connectivity index (χ3v) is 3.30. The van der Waals surface area contributed by atoms with Crippen molar-refractivity contribution in [2.24, 2.45) is 11.7 Å². The third kappa shape index (κ3) is 3.61. The number of halogens is 1. The standard InChI is InChI=1S/C13H15ClN2O3/c14-9-3-4-10(13(15)19)11(5-9)16(7-12(17)18)6-8-1-2-8/h3-5,8H,1-2,6-7H2,(H2,15,19)(H,17,18). The van der Waals surface area contributed by atoms with Crippen LogP contribution in [-0.4, -0.2) is 30.1 Å². The highest BCUT2D eigenvalue weighted by atomic mass is 35.5. The van der Waals surface area contributed by atoms with Gasteiger partial charge < -0.3 is 15.7 Å². The Morgan fingerprint density at radius 3 is 2.63 bits per heavy atom. The number of hydrogen-bond donors (Lipinski definition) is 2. The first-order valence-electron chi connectivity index (χ1n) is 6.03. The SMILES string of the molecule is NC(=O)c1ccc(Cl)cc1N(CC(=O)O)CC1CC1. The summed E-state index contributed by atoms with van der Waals surface area (Å²) in [5.74, 6) is -1.05. The van der Waals surface area contributed by atoms with Crippen LogP contribution in [0.3, 0.4) is 0 Å². The van der Waals surface area contributed by atoms with Gasteiger partial charge in [-0.25, -0.2) is 0 Å². The molecule has 0 aromatic heterocycles. The molecule has 19 heavy (non-hydrogen) atoms. The van der Waals surface area contributed by atoms with Crippen molar-refractivity contribution >= 4 is 29.2 Å². The van der Waals surface area contributed by atoms with E-state index in [2.05, 4.69) is 0 Å². The summed E-state index contributed by atoms with van der Waals surface area (Å²) in [7, 11) is 0. The Kier molecular flexibility index (Phi) is 3.95. The molecule has 1 saturated carbocycles. The zero-order chi connectivity index (χ0) is 14.0. The zero-order valence-electron chi connectivity index (χ0n) is 10.3. The van der Waals surface area contributed by atoms with Crippen LogP contribution in [0.25, 0.3) is 0 Å². The number of benzene rings is 1. The van der Waals surface area contributed by atoms with Crippen molar-refractivity contribution in [2.45, 2.75) is 12.8 Å². The molecule has 0 aliphatic heterocycles. The largest absolute Gasteiger partial charge is 0.480 e. The summed E-state index contributed by atoms with van der Waals surface area (Å²) in [5.41, 5.74) is 6.12. The summed E-state index contributed by atoms with van der Waals surface area (Å²) >= 11 is 5.93. The molecule has 0 spiro atoms. The molecule has 1 aliphatic rings. The number of carboxylic acids is 1. The van der Waals surface area contributed by atoms with Gasteiger partial charge in [-0.3, -0.25) is 9.59 Å². The maximum atomic E-state index is 11.4. The van der Waals surface area contributed by atoms with Crippen LogP contribution >= 0.6 is 11.6 Å². The number of anilines is 1. The Balaban J connectivity index is 2.34. The summed E-state index contributed by atoms with van der Waals surface area (Å²) in [6.45, 7) is 0.435. The molecule has 0 atom stereocenters. The molecular weight excluding hydrogens is 268 g/mol. The summed E-state index contributed by atoms with van der Waals surface area (Å²) in [6.07, 6.45) is 2.17. The van der Waals surface area contributed by atoms with Crippen molar-refractivity contribution < 1.29 is 14.7 Å². The lowest BCUT2D eigenvalue weighted by molar-refractivity contribution is -0.135. The van der Waals surface area contributed by atoms with Crippen LogP contribution in [0.15, 0.2) is 18.2 Å². The minimum atomic E-state index is -0.948. The van der Waals surface area contributed by atoms with Crippen LogP contribution in [0.4, 0.5) is 5.69 Å². The molecule has 0 unspecified atom stereocenters. The number of amides is 1. The van der Waals surface area contributed by atoms with E-state index in [1.165, 1.54) is 6.07 Å². The van der Waals surface area contributed by atoms with E-state index in [1.807, 2.05) is 0 Å². The van der Waals surface area contributed by atoms with Gasteiger partial charge in [0.05, 0.1) is 11.3 Å². The molecule has 3 N–H and O–H groups in total. The van der Waals surface area contributed by atoms with Crippen molar-refractivity contribution in [3.63, 3.8) is 0 Å². The number of rotatable bonds is 6. The molecule has 0 bridgehead atoms. The van der Waals surface area contributed by atoms with E-state index < -0.39 is 11.9 Å². The molecule has 1 aromatic carbocycles. The number of aliphatic carboxylic acids is 1. The Hall–Kier alpha value is -1.75. The van der Waals surface area contributed by atoms with Crippen molar-refractivity contribution in [3.05, 3.63) is 28.8 Å². The Morgan fingerprint density at radius 2 is 2.11 bits per heavy atom. The number of carboxylic acid groups (broad SMARTS) is 1. The van der Waals surface area contributed by atoms with Gasteiger partial charge in [-0.15, -0.1) is 0 Å². The fourth-order valence-corrected chi connectivity index (χ4v) is 2.16. The van der Waals surface area contributed by atoms with Crippen LogP contribution < -0.4 is 10.6 Å². The van der Waals surface area contributed by atoms with Gasteiger partial charge in [0.25, 0.3) is 5.91 Å². The number of carbonyl (C=O) groups is 2. The molecule has 1 aromatic rings. The van der Waals surface area contributed by atoms with Crippen molar-refractivity contribution in [3.8, 4) is 0 Å². The molecule has 0 heterocycles. The van der Waals surface area contributed by atoms with Gasteiger partial charge in [0.15, 0.2) is 0 Å². The number of carbonyl (C=O) groups excluding carboxylic acids is 1. The van der Waals surface area contributed by atoms with E-state index >= 15 is 0 Å². The van der Waals surface area contributed by atoms with E-state index in [1.54, 1.807) is 17.0 Å². The second kappa shape index (κ2) is 5.48. The molecule has 1 amide bonds. The quantitative estimate of drug-likeness (QED) is 0.832. The lowest BCUT2D eigenvalue weighted by Gasteiger charge is -2.24. The Labute approximate surface area is 116 Å². The molecule has 6 heteroatoms. The van der Waals surface area contributed by atoms with Gasteiger partial charge in [0, 0.05) is 11.6 Å². The molecular formula is C13H15ClN2O3. The van der Waals surface area contributed by atoms with E-state index in [-0.39, 0.29) is 6.54 Å². The lowest BCUT2D eigenvalue weighted by atomic mass is 10.1. The maximum absolute atomic E-state index is 11.4. The van der Waals surface area contributed by atoms with Gasteiger partial charge in [-0.05, 0) is 37.0 Å².